The molecule has 6 aromatic rings. The Morgan fingerprint density at radius 1 is 0.394 bits per heavy atom. The van der Waals surface area contributed by atoms with E-state index in [2.05, 4.69) is 20.8 Å². The summed E-state index contributed by atoms with van der Waals surface area (Å²) in [6.45, 7) is 17.7. The van der Waals surface area contributed by atoms with Gasteiger partial charge in [0, 0.05) is 44.2 Å². The van der Waals surface area contributed by atoms with Gasteiger partial charge in [-0.1, -0.05) is 192 Å². The van der Waals surface area contributed by atoms with Crippen LogP contribution in [0.15, 0.2) is 158 Å². The Kier molecular flexibility index (Phi) is 15.6. The van der Waals surface area contributed by atoms with E-state index in [9.17, 15) is 38.4 Å². The number of ketones is 8. The number of benzene rings is 6. The molecule has 2 aliphatic carbocycles. The molecule has 3 unspecified atom stereocenters. The van der Waals surface area contributed by atoms with Gasteiger partial charge >= 0.3 is 0 Å². The second kappa shape index (κ2) is 20.7. The monoisotopic (exact) mass is 880 g/mol. The SMILES string of the molecule is CC1CC2(C)C(=O)C(=O)C1(C)C2(C)C.Cc1cccc(C(=O)C(=O)c2ccccc2)c1C.Cc1cccc(C(=O)C(=O)c2ccccc2)c1C.O=C(C(=O)c1ccccc1)c1ccccc1. The number of hydrogen-bond acceptors (Lipinski definition) is 8. The lowest BCUT2D eigenvalue weighted by Gasteiger charge is -2.37. The van der Waals surface area contributed by atoms with Crippen molar-refractivity contribution >= 4 is 46.3 Å². The maximum atomic E-state index is 12.2. The van der Waals surface area contributed by atoms with Gasteiger partial charge in [-0.2, -0.15) is 0 Å². The largest absolute Gasteiger partial charge is 0.290 e. The maximum Gasteiger partial charge on any atom is 0.233 e. The van der Waals surface area contributed by atoms with Crippen LogP contribution in [0.1, 0.15) is 125 Å². The zero-order valence-corrected chi connectivity index (χ0v) is 39.1. The lowest BCUT2D eigenvalue weighted by atomic mass is 9.64. The fourth-order valence-corrected chi connectivity index (χ4v) is 8.75. The molecule has 2 saturated carbocycles. The molecule has 8 heteroatoms. The topological polar surface area (TPSA) is 137 Å². The number of fused-ring (bicyclic) bond motifs is 2. The highest BCUT2D eigenvalue weighted by Crippen LogP contribution is 2.70. The summed E-state index contributed by atoms with van der Waals surface area (Å²) in [5.74, 6) is -2.67. The maximum absolute atomic E-state index is 12.2. The molecule has 0 radical (unpaired) electrons. The molecular formula is C58H56O8. The highest BCUT2D eigenvalue weighted by Gasteiger charge is 2.75. The van der Waals surface area contributed by atoms with Crippen LogP contribution >= 0.6 is 0 Å². The van der Waals surface area contributed by atoms with Crippen molar-refractivity contribution in [3.63, 3.8) is 0 Å². The quantitative estimate of drug-likeness (QED) is 0.103. The lowest BCUT2D eigenvalue weighted by Crippen LogP contribution is -2.39. The van der Waals surface area contributed by atoms with Gasteiger partial charge in [-0.05, 0) is 67.7 Å². The van der Waals surface area contributed by atoms with Crippen LogP contribution in [0, 0.1) is 49.9 Å². The third-order valence-corrected chi connectivity index (χ3v) is 14.0. The number of carbonyl (C=O) groups is 8. The van der Waals surface area contributed by atoms with Crippen molar-refractivity contribution in [1.29, 1.82) is 0 Å². The Balaban J connectivity index is 0.000000166. The predicted octanol–water partition coefficient (Wildman–Crippen LogP) is 11.7. The van der Waals surface area contributed by atoms with E-state index in [0.717, 1.165) is 28.7 Å². The van der Waals surface area contributed by atoms with E-state index in [0.29, 0.717) is 39.3 Å². The molecule has 0 amide bonds. The van der Waals surface area contributed by atoms with Crippen molar-refractivity contribution in [3.05, 3.63) is 213 Å². The minimum absolute atomic E-state index is 0.135. The van der Waals surface area contributed by atoms with Crippen LogP contribution in [0.5, 0.6) is 0 Å². The number of hydrogen-bond donors (Lipinski definition) is 0. The highest BCUT2D eigenvalue weighted by molar-refractivity contribution is 6.50. The fraction of sp³-hybridized carbons (Fsp3) is 0.241. The van der Waals surface area contributed by atoms with Gasteiger partial charge in [0.25, 0.3) is 0 Å². The fourth-order valence-electron chi connectivity index (χ4n) is 8.75. The van der Waals surface area contributed by atoms with E-state index >= 15 is 0 Å². The summed E-state index contributed by atoms with van der Waals surface area (Å²) in [5, 5.41) is 0. The molecule has 6 aromatic carbocycles. The highest BCUT2D eigenvalue weighted by atomic mass is 16.2. The second-order valence-corrected chi connectivity index (χ2v) is 17.9. The first-order valence-corrected chi connectivity index (χ1v) is 21.9. The summed E-state index contributed by atoms with van der Waals surface area (Å²) < 4.78 is 0. The third kappa shape index (κ3) is 9.83. The standard InChI is InChI=1S/2C16H14O2.C14H10O2.C12H18O2/c2*1-11-7-6-10-14(12(11)2)16(18)15(17)13-8-4-3-5-9-13;15-13(11-7-3-1-4-8-11)14(16)12-9-5-2-6-10-12;1-7-6-11(4)8(13)9(14)12(7,5)10(11,2)3/h2*3-10H,1-2H3;1-10H;7H,6H2,1-5H3. The minimum atomic E-state index is -0.466. The van der Waals surface area contributed by atoms with Crippen LogP contribution < -0.4 is 0 Å². The van der Waals surface area contributed by atoms with Crippen LogP contribution in [0.2, 0.25) is 0 Å². The summed E-state index contributed by atoms with van der Waals surface area (Å²) in [7, 11) is 0. The molecule has 0 heterocycles. The van der Waals surface area contributed by atoms with Crippen molar-refractivity contribution in [3.8, 4) is 0 Å². The molecule has 336 valence electrons. The first-order chi connectivity index (χ1) is 31.2. The molecule has 2 fully saturated rings. The summed E-state index contributed by atoms with van der Waals surface area (Å²) in [5.41, 5.74) is 5.43. The first-order valence-electron chi connectivity index (χ1n) is 21.9. The Labute approximate surface area is 387 Å². The van der Waals surface area contributed by atoms with Crippen molar-refractivity contribution in [2.45, 2.75) is 68.7 Å². The second-order valence-electron chi connectivity index (χ2n) is 17.9. The molecule has 3 atom stereocenters. The first kappa shape index (κ1) is 49.7. The number of rotatable bonds is 9. The normalized spacial score (nSPS) is 18.5. The zero-order valence-electron chi connectivity index (χ0n) is 39.1. The molecular weight excluding hydrogens is 825 g/mol. The van der Waals surface area contributed by atoms with Gasteiger partial charge in [0.05, 0.1) is 0 Å². The van der Waals surface area contributed by atoms with Crippen LogP contribution in [0.4, 0.5) is 0 Å². The van der Waals surface area contributed by atoms with E-state index < -0.39 is 45.5 Å². The molecule has 0 spiro atoms. The third-order valence-electron chi connectivity index (χ3n) is 14.0. The molecule has 2 bridgehead atoms. The summed E-state index contributed by atoms with van der Waals surface area (Å²) in [6.07, 6.45) is 0.862. The van der Waals surface area contributed by atoms with Gasteiger partial charge in [-0.3, -0.25) is 38.4 Å². The van der Waals surface area contributed by atoms with Crippen molar-refractivity contribution in [2.75, 3.05) is 0 Å². The van der Waals surface area contributed by atoms with E-state index in [1.54, 1.807) is 121 Å². The average Bonchev–Trinajstić information content (AvgIpc) is 3.54. The van der Waals surface area contributed by atoms with Gasteiger partial charge in [-0.15, -0.1) is 0 Å². The molecule has 8 nitrogen and oxygen atoms in total. The number of Topliss-reactive ketones (excluding diaryl/α,β-unsaturated/α-hetero) is 8. The molecule has 2 aliphatic rings. The Morgan fingerprint density at radius 2 is 0.682 bits per heavy atom. The Morgan fingerprint density at radius 3 is 0.939 bits per heavy atom. The molecule has 0 saturated heterocycles. The van der Waals surface area contributed by atoms with Crippen molar-refractivity contribution in [1.82, 2.24) is 0 Å². The molecule has 8 rings (SSSR count). The summed E-state index contributed by atoms with van der Waals surface area (Å²) in [6, 6.07) is 45.3. The van der Waals surface area contributed by atoms with E-state index in [4.69, 9.17) is 0 Å². The number of aryl methyl sites for hydroxylation is 2. The number of carbonyl (C=O) groups excluding carboxylic acids is 8. The van der Waals surface area contributed by atoms with Crippen molar-refractivity contribution in [2.24, 2.45) is 22.2 Å². The zero-order chi connectivity index (χ0) is 48.6. The van der Waals surface area contributed by atoms with Gasteiger partial charge in [0.15, 0.2) is 0 Å². The molecule has 0 N–H and O–H groups in total. The smallest absolute Gasteiger partial charge is 0.233 e. The average molecular weight is 881 g/mol. The Hall–Kier alpha value is -7.32. The Bertz CT molecular complexity index is 2650. The summed E-state index contributed by atoms with van der Waals surface area (Å²) >= 11 is 0. The van der Waals surface area contributed by atoms with Gasteiger partial charge in [0.2, 0.25) is 46.3 Å². The van der Waals surface area contributed by atoms with Gasteiger partial charge in [0.1, 0.15) is 0 Å². The van der Waals surface area contributed by atoms with Crippen LogP contribution in [0.25, 0.3) is 0 Å². The van der Waals surface area contributed by atoms with Crippen LogP contribution in [-0.4, -0.2) is 46.3 Å². The minimum Gasteiger partial charge on any atom is -0.290 e. The van der Waals surface area contributed by atoms with E-state index in [-0.39, 0.29) is 17.0 Å². The molecule has 66 heavy (non-hydrogen) atoms. The van der Waals surface area contributed by atoms with E-state index in [1.807, 2.05) is 77.9 Å². The summed E-state index contributed by atoms with van der Waals surface area (Å²) in [4.78, 5) is 95.9. The molecule has 0 aromatic heterocycles. The van der Waals surface area contributed by atoms with Gasteiger partial charge in [-0.25, -0.2) is 0 Å². The van der Waals surface area contributed by atoms with Crippen LogP contribution in [0.3, 0.4) is 0 Å². The van der Waals surface area contributed by atoms with E-state index in [1.165, 1.54) is 0 Å². The lowest BCUT2D eigenvalue weighted by molar-refractivity contribution is -0.144. The molecule has 0 aliphatic heterocycles. The van der Waals surface area contributed by atoms with Gasteiger partial charge < -0.3 is 0 Å². The predicted molar refractivity (Wildman–Crippen MR) is 257 cm³/mol. The van der Waals surface area contributed by atoms with Crippen LogP contribution in [-0.2, 0) is 9.59 Å². The van der Waals surface area contributed by atoms with Crippen molar-refractivity contribution < 1.29 is 38.4 Å².